The lowest BCUT2D eigenvalue weighted by Gasteiger charge is -2.12. The third-order valence-corrected chi connectivity index (χ3v) is 4.90. The Morgan fingerprint density at radius 1 is 0.906 bits per heavy atom. The van der Waals surface area contributed by atoms with Gasteiger partial charge in [-0.3, -0.25) is 9.59 Å². The SMILES string of the molecule is COC(=O)c1ccc(NC(=O)C(=Cc2ccccc2F)NC(=O)c2ccc(Br)cc2)cc1. The summed E-state index contributed by atoms with van der Waals surface area (Å²) in [5.41, 5.74) is 0.994. The Balaban J connectivity index is 1.86. The van der Waals surface area contributed by atoms with Crippen molar-refractivity contribution in [1.82, 2.24) is 5.32 Å². The molecular weight excluding hydrogens is 479 g/mol. The lowest BCUT2D eigenvalue weighted by Crippen LogP contribution is -2.30. The van der Waals surface area contributed by atoms with E-state index in [0.717, 1.165) is 4.47 Å². The Hall–Kier alpha value is -3.78. The average Bonchev–Trinajstić information content (AvgIpc) is 2.80. The van der Waals surface area contributed by atoms with Gasteiger partial charge in [0, 0.05) is 21.3 Å². The zero-order chi connectivity index (χ0) is 23.1. The molecule has 0 aliphatic heterocycles. The van der Waals surface area contributed by atoms with E-state index in [0.29, 0.717) is 16.8 Å². The highest BCUT2D eigenvalue weighted by Gasteiger charge is 2.16. The third kappa shape index (κ3) is 5.89. The molecule has 0 atom stereocenters. The number of amides is 2. The molecule has 0 bridgehead atoms. The summed E-state index contributed by atoms with van der Waals surface area (Å²) in [5.74, 6) is -2.25. The number of hydrogen-bond donors (Lipinski definition) is 2. The van der Waals surface area contributed by atoms with Crippen LogP contribution in [-0.4, -0.2) is 24.9 Å². The Labute approximate surface area is 192 Å². The molecule has 0 aliphatic carbocycles. The molecule has 0 radical (unpaired) electrons. The van der Waals surface area contributed by atoms with Crippen molar-refractivity contribution in [1.29, 1.82) is 0 Å². The normalized spacial score (nSPS) is 10.9. The van der Waals surface area contributed by atoms with Gasteiger partial charge >= 0.3 is 5.97 Å². The minimum Gasteiger partial charge on any atom is -0.465 e. The first-order valence-corrected chi connectivity index (χ1v) is 10.2. The highest BCUT2D eigenvalue weighted by molar-refractivity contribution is 9.10. The molecule has 8 heteroatoms. The topological polar surface area (TPSA) is 84.5 Å². The van der Waals surface area contributed by atoms with Gasteiger partial charge in [0.05, 0.1) is 12.7 Å². The molecule has 32 heavy (non-hydrogen) atoms. The fraction of sp³-hybridized carbons (Fsp3) is 0.0417. The van der Waals surface area contributed by atoms with Gasteiger partial charge in [-0.05, 0) is 60.7 Å². The van der Waals surface area contributed by atoms with Crippen LogP contribution in [-0.2, 0) is 9.53 Å². The number of methoxy groups -OCH3 is 1. The lowest BCUT2D eigenvalue weighted by molar-refractivity contribution is -0.113. The van der Waals surface area contributed by atoms with Gasteiger partial charge in [-0.1, -0.05) is 34.1 Å². The summed E-state index contributed by atoms with van der Waals surface area (Å²) < 4.78 is 19.6. The zero-order valence-electron chi connectivity index (χ0n) is 16.9. The molecule has 0 aliphatic rings. The second-order valence-corrected chi connectivity index (χ2v) is 7.48. The fourth-order valence-corrected chi connectivity index (χ4v) is 2.97. The minimum atomic E-state index is -0.662. The first kappa shape index (κ1) is 22.9. The van der Waals surface area contributed by atoms with Gasteiger partial charge in [-0.2, -0.15) is 0 Å². The highest BCUT2D eigenvalue weighted by atomic mass is 79.9. The minimum absolute atomic E-state index is 0.134. The molecule has 2 amide bonds. The van der Waals surface area contributed by atoms with Gasteiger partial charge in [-0.25, -0.2) is 9.18 Å². The van der Waals surface area contributed by atoms with Crippen molar-refractivity contribution in [3.8, 4) is 0 Å². The fourth-order valence-electron chi connectivity index (χ4n) is 2.71. The van der Waals surface area contributed by atoms with Crippen LogP contribution in [0, 0.1) is 5.82 Å². The lowest BCUT2D eigenvalue weighted by atomic mass is 10.1. The van der Waals surface area contributed by atoms with Crippen LogP contribution in [0.15, 0.2) is 83.0 Å². The van der Waals surface area contributed by atoms with E-state index in [-0.39, 0.29) is 11.3 Å². The van der Waals surface area contributed by atoms with Gasteiger partial charge in [0.15, 0.2) is 0 Å². The number of ether oxygens (including phenoxy) is 1. The first-order chi connectivity index (χ1) is 15.4. The monoisotopic (exact) mass is 496 g/mol. The predicted octanol–water partition coefficient (Wildman–Crippen LogP) is 4.78. The largest absolute Gasteiger partial charge is 0.465 e. The molecule has 0 unspecified atom stereocenters. The van der Waals surface area contributed by atoms with Crippen molar-refractivity contribution in [2.24, 2.45) is 0 Å². The van der Waals surface area contributed by atoms with Crippen molar-refractivity contribution < 1.29 is 23.5 Å². The standard InChI is InChI=1S/C24H18BrFN2O4/c1-32-24(31)16-8-12-19(13-9-16)27-23(30)21(14-17-4-2-3-5-20(17)26)28-22(29)15-6-10-18(25)11-7-15/h2-14H,1H3,(H,27,30)(H,28,29). The Kier molecular flexibility index (Phi) is 7.51. The summed E-state index contributed by atoms with van der Waals surface area (Å²) in [6.45, 7) is 0. The number of nitrogens with one attached hydrogen (secondary N) is 2. The van der Waals surface area contributed by atoms with Crippen LogP contribution in [0.4, 0.5) is 10.1 Å². The zero-order valence-corrected chi connectivity index (χ0v) is 18.5. The van der Waals surface area contributed by atoms with Gasteiger partial charge in [-0.15, -0.1) is 0 Å². The smallest absolute Gasteiger partial charge is 0.337 e. The van der Waals surface area contributed by atoms with E-state index in [2.05, 4.69) is 31.3 Å². The molecule has 0 heterocycles. The van der Waals surface area contributed by atoms with Crippen LogP contribution in [0.25, 0.3) is 6.08 Å². The van der Waals surface area contributed by atoms with Crippen molar-refractivity contribution >= 4 is 45.5 Å². The second-order valence-electron chi connectivity index (χ2n) is 6.56. The highest BCUT2D eigenvalue weighted by Crippen LogP contribution is 2.16. The maximum atomic E-state index is 14.2. The average molecular weight is 497 g/mol. The van der Waals surface area contributed by atoms with Crippen molar-refractivity contribution in [2.45, 2.75) is 0 Å². The molecule has 3 aromatic carbocycles. The molecule has 0 spiro atoms. The summed E-state index contributed by atoms with van der Waals surface area (Å²) in [4.78, 5) is 37.1. The molecule has 6 nitrogen and oxygen atoms in total. The number of carbonyl (C=O) groups excluding carboxylic acids is 3. The molecule has 0 saturated carbocycles. The van der Waals surface area contributed by atoms with Crippen LogP contribution in [0.5, 0.6) is 0 Å². The Bertz CT molecular complexity index is 1180. The molecule has 3 aromatic rings. The van der Waals surface area contributed by atoms with Crippen LogP contribution in [0.1, 0.15) is 26.3 Å². The number of hydrogen-bond acceptors (Lipinski definition) is 4. The number of carbonyl (C=O) groups is 3. The quantitative estimate of drug-likeness (QED) is 0.379. The molecule has 2 N–H and O–H groups in total. The number of rotatable bonds is 6. The number of benzene rings is 3. The van der Waals surface area contributed by atoms with E-state index in [1.54, 1.807) is 30.3 Å². The number of esters is 1. The molecule has 0 saturated heterocycles. The molecule has 3 rings (SSSR count). The molecular formula is C24H18BrFN2O4. The summed E-state index contributed by atoms with van der Waals surface area (Å²) in [7, 11) is 1.27. The number of halogens is 2. The number of anilines is 1. The second kappa shape index (κ2) is 10.5. The van der Waals surface area contributed by atoms with Gasteiger partial charge in [0.1, 0.15) is 11.5 Å². The summed E-state index contributed by atoms with van der Waals surface area (Å²) in [6, 6.07) is 18.4. The van der Waals surface area contributed by atoms with E-state index < -0.39 is 23.6 Å². The van der Waals surface area contributed by atoms with E-state index >= 15 is 0 Å². The maximum absolute atomic E-state index is 14.2. The summed E-state index contributed by atoms with van der Waals surface area (Å²) in [6.07, 6.45) is 1.25. The van der Waals surface area contributed by atoms with Gasteiger partial charge < -0.3 is 15.4 Å². The predicted molar refractivity (Wildman–Crippen MR) is 122 cm³/mol. The third-order valence-electron chi connectivity index (χ3n) is 4.37. The van der Waals surface area contributed by atoms with E-state index in [1.807, 2.05) is 0 Å². The van der Waals surface area contributed by atoms with Gasteiger partial charge in [0.2, 0.25) is 0 Å². The van der Waals surface area contributed by atoms with Crippen molar-refractivity contribution in [3.63, 3.8) is 0 Å². The van der Waals surface area contributed by atoms with E-state index in [9.17, 15) is 18.8 Å². The molecule has 0 fully saturated rings. The van der Waals surface area contributed by atoms with Crippen LogP contribution in [0.2, 0.25) is 0 Å². The summed E-state index contributed by atoms with van der Waals surface area (Å²) >= 11 is 3.30. The van der Waals surface area contributed by atoms with Crippen LogP contribution in [0.3, 0.4) is 0 Å². The van der Waals surface area contributed by atoms with E-state index in [4.69, 9.17) is 0 Å². The van der Waals surface area contributed by atoms with Crippen molar-refractivity contribution in [2.75, 3.05) is 12.4 Å². The molecule has 162 valence electrons. The maximum Gasteiger partial charge on any atom is 0.337 e. The van der Waals surface area contributed by atoms with Crippen LogP contribution < -0.4 is 10.6 Å². The Morgan fingerprint density at radius 3 is 2.16 bits per heavy atom. The van der Waals surface area contributed by atoms with Crippen molar-refractivity contribution in [3.05, 3.63) is 105 Å². The first-order valence-electron chi connectivity index (χ1n) is 9.40. The van der Waals surface area contributed by atoms with E-state index in [1.165, 1.54) is 55.7 Å². The molecule has 0 aromatic heterocycles. The Morgan fingerprint density at radius 2 is 1.53 bits per heavy atom. The van der Waals surface area contributed by atoms with Crippen LogP contribution >= 0.6 is 15.9 Å². The van der Waals surface area contributed by atoms with Gasteiger partial charge in [0.25, 0.3) is 11.8 Å². The summed E-state index contributed by atoms with van der Waals surface area (Å²) in [5, 5.41) is 5.17.